The predicted octanol–water partition coefficient (Wildman–Crippen LogP) is 3.00. The fourth-order valence-electron chi connectivity index (χ4n) is 5.88. The van der Waals surface area contributed by atoms with E-state index in [-0.39, 0.29) is 18.0 Å². The number of carbonyl (C=O) groups is 2. The van der Waals surface area contributed by atoms with Gasteiger partial charge in [-0.2, -0.15) is 0 Å². The second-order valence-electron chi connectivity index (χ2n) is 9.84. The van der Waals surface area contributed by atoms with E-state index in [9.17, 15) is 14.7 Å². The zero-order valence-corrected chi connectivity index (χ0v) is 19.3. The molecular weight excluding hydrogens is 418 g/mol. The molecule has 0 unspecified atom stereocenters. The van der Waals surface area contributed by atoms with Gasteiger partial charge in [-0.3, -0.25) is 4.79 Å². The van der Waals surface area contributed by atoms with Gasteiger partial charge in [0.2, 0.25) is 0 Å². The van der Waals surface area contributed by atoms with Crippen molar-refractivity contribution in [2.24, 2.45) is 5.92 Å². The Labute approximate surface area is 194 Å². The van der Waals surface area contributed by atoms with Gasteiger partial charge in [0, 0.05) is 44.3 Å². The maximum Gasteiger partial charge on any atom is 0.317 e. The Morgan fingerprint density at radius 2 is 1.82 bits per heavy atom. The van der Waals surface area contributed by atoms with Gasteiger partial charge >= 0.3 is 6.03 Å². The highest BCUT2D eigenvalue weighted by molar-refractivity contribution is 5.97. The summed E-state index contributed by atoms with van der Waals surface area (Å²) in [7, 11) is 0. The Balaban J connectivity index is 1.20. The molecule has 2 N–H and O–H groups in total. The van der Waals surface area contributed by atoms with Crippen molar-refractivity contribution in [3.63, 3.8) is 0 Å². The summed E-state index contributed by atoms with van der Waals surface area (Å²) < 4.78 is 2.02. The number of carbonyl (C=O) groups excluding carboxylic acids is 2. The molecule has 1 saturated carbocycles. The van der Waals surface area contributed by atoms with Crippen molar-refractivity contribution >= 4 is 23.0 Å². The maximum absolute atomic E-state index is 13.3. The highest BCUT2D eigenvalue weighted by Crippen LogP contribution is 2.36. The number of hydrogen-bond acceptors (Lipinski definition) is 4. The number of hydrogen-bond donors (Lipinski definition) is 2. The van der Waals surface area contributed by atoms with Gasteiger partial charge in [-0.1, -0.05) is 12.8 Å². The summed E-state index contributed by atoms with van der Waals surface area (Å²) in [5.41, 5.74) is 2.50. The minimum absolute atomic E-state index is 0.0817. The molecule has 178 valence electrons. The molecule has 2 saturated heterocycles. The molecule has 8 heteroatoms. The van der Waals surface area contributed by atoms with Crippen molar-refractivity contribution in [1.29, 1.82) is 0 Å². The van der Waals surface area contributed by atoms with E-state index >= 15 is 0 Å². The molecule has 3 aliphatic rings. The molecule has 2 atom stereocenters. The number of rotatable bonds is 4. The lowest BCUT2D eigenvalue weighted by Gasteiger charge is -2.44. The third-order valence-corrected chi connectivity index (χ3v) is 7.75. The summed E-state index contributed by atoms with van der Waals surface area (Å²) in [4.78, 5) is 34.1. The number of imidazole rings is 1. The minimum atomic E-state index is -0.290. The van der Waals surface area contributed by atoms with E-state index in [1.165, 1.54) is 25.7 Å². The molecule has 0 spiro atoms. The van der Waals surface area contributed by atoms with Crippen molar-refractivity contribution in [1.82, 2.24) is 24.7 Å². The maximum atomic E-state index is 13.3. The lowest BCUT2D eigenvalue weighted by atomic mass is 9.78. The third-order valence-electron chi connectivity index (χ3n) is 7.75. The van der Waals surface area contributed by atoms with E-state index in [4.69, 9.17) is 0 Å². The normalized spacial score (nSPS) is 24.0. The standard InChI is InChI=1S/C25H35N5O3/c31-20-9-13-28(14-10-20)25(33)26-11-15-29-17-27-21-16-19(7-8-23(21)29)24(32)30-12-3-5-18-4-1-2-6-22(18)30/h7-8,16-18,20,22,31H,1-6,9-15H2,(H,26,33)/t18-,22+/m0/s1. The third kappa shape index (κ3) is 4.71. The second kappa shape index (κ2) is 9.71. The minimum Gasteiger partial charge on any atom is -0.393 e. The SMILES string of the molecule is O=C(NCCn1cnc2cc(C(=O)N3CCC[C@@H]4CCCC[C@H]43)ccc21)N1CCC(O)CC1. The largest absolute Gasteiger partial charge is 0.393 e. The van der Waals surface area contributed by atoms with Gasteiger partial charge in [0.25, 0.3) is 5.91 Å². The van der Waals surface area contributed by atoms with Crippen LogP contribution in [0.3, 0.4) is 0 Å². The molecule has 1 aliphatic carbocycles. The number of aromatic nitrogens is 2. The fraction of sp³-hybridized carbons (Fsp3) is 0.640. The second-order valence-corrected chi connectivity index (χ2v) is 9.84. The van der Waals surface area contributed by atoms with Crippen LogP contribution < -0.4 is 5.32 Å². The summed E-state index contributed by atoms with van der Waals surface area (Å²) >= 11 is 0. The molecule has 0 radical (unpaired) electrons. The lowest BCUT2D eigenvalue weighted by molar-refractivity contribution is 0.0391. The highest BCUT2D eigenvalue weighted by Gasteiger charge is 2.36. The van der Waals surface area contributed by atoms with Crippen LogP contribution in [0.5, 0.6) is 0 Å². The summed E-state index contributed by atoms with van der Waals surface area (Å²) in [5, 5.41) is 12.6. The van der Waals surface area contributed by atoms with Crippen molar-refractivity contribution in [3.05, 3.63) is 30.1 Å². The number of fused-ring (bicyclic) bond motifs is 2. The topological polar surface area (TPSA) is 90.7 Å². The van der Waals surface area contributed by atoms with Gasteiger partial charge in [0.05, 0.1) is 23.5 Å². The van der Waals surface area contributed by atoms with E-state index in [1.807, 2.05) is 22.8 Å². The summed E-state index contributed by atoms with van der Waals surface area (Å²) in [6.45, 7) is 3.16. The van der Waals surface area contributed by atoms with Crippen molar-refractivity contribution in [2.45, 2.75) is 70.1 Å². The van der Waals surface area contributed by atoms with Crippen LogP contribution in [0.1, 0.15) is 61.7 Å². The molecule has 8 nitrogen and oxygen atoms in total. The Hall–Kier alpha value is -2.61. The molecule has 2 aliphatic heterocycles. The van der Waals surface area contributed by atoms with Crippen molar-refractivity contribution < 1.29 is 14.7 Å². The quantitative estimate of drug-likeness (QED) is 0.745. The molecule has 33 heavy (non-hydrogen) atoms. The number of aliphatic hydroxyl groups is 1. The van der Waals surface area contributed by atoms with Gasteiger partial charge in [-0.05, 0) is 62.6 Å². The predicted molar refractivity (Wildman–Crippen MR) is 126 cm³/mol. The zero-order chi connectivity index (χ0) is 22.8. The van der Waals surface area contributed by atoms with Crippen LogP contribution in [-0.2, 0) is 6.54 Å². The highest BCUT2D eigenvalue weighted by atomic mass is 16.3. The Morgan fingerprint density at radius 3 is 2.67 bits per heavy atom. The number of amides is 3. The molecule has 2 aromatic rings. The Morgan fingerprint density at radius 1 is 1.03 bits per heavy atom. The summed E-state index contributed by atoms with van der Waals surface area (Å²) in [6.07, 6.45) is 10.0. The Kier molecular flexibility index (Phi) is 6.53. The monoisotopic (exact) mass is 453 g/mol. The first-order chi connectivity index (χ1) is 16.1. The van der Waals surface area contributed by atoms with E-state index in [2.05, 4.69) is 15.2 Å². The van der Waals surface area contributed by atoms with E-state index in [0.717, 1.165) is 36.0 Å². The fourth-order valence-corrected chi connectivity index (χ4v) is 5.88. The molecule has 3 amide bonds. The summed E-state index contributed by atoms with van der Waals surface area (Å²) in [6, 6.07) is 6.14. The van der Waals surface area contributed by atoms with E-state index in [1.54, 1.807) is 11.2 Å². The molecule has 3 heterocycles. The first-order valence-electron chi connectivity index (χ1n) is 12.6. The van der Waals surface area contributed by atoms with Crippen molar-refractivity contribution in [3.8, 4) is 0 Å². The van der Waals surface area contributed by atoms with Gasteiger partial charge in [0.15, 0.2) is 0 Å². The van der Waals surface area contributed by atoms with Crippen LogP contribution in [0.25, 0.3) is 11.0 Å². The molecule has 1 aromatic carbocycles. The number of aliphatic hydroxyl groups excluding tert-OH is 1. The van der Waals surface area contributed by atoms with Gasteiger partial charge in [-0.15, -0.1) is 0 Å². The number of nitrogens with one attached hydrogen (secondary N) is 1. The van der Waals surface area contributed by atoms with Crippen molar-refractivity contribution in [2.75, 3.05) is 26.2 Å². The van der Waals surface area contributed by atoms with Crippen LogP contribution in [0.4, 0.5) is 4.79 Å². The van der Waals surface area contributed by atoms with Crippen LogP contribution in [-0.4, -0.2) is 74.7 Å². The van der Waals surface area contributed by atoms with Gasteiger partial charge < -0.3 is 24.8 Å². The summed E-state index contributed by atoms with van der Waals surface area (Å²) in [5.74, 6) is 0.812. The van der Waals surface area contributed by atoms with Gasteiger partial charge in [-0.25, -0.2) is 9.78 Å². The number of likely N-dealkylation sites (tertiary alicyclic amines) is 2. The van der Waals surface area contributed by atoms with Crippen LogP contribution in [0, 0.1) is 5.92 Å². The van der Waals surface area contributed by atoms with Crippen LogP contribution in [0.15, 0.2) is 24.5 Å². The average Bonchev–Trinajstić information content (AvgIpc) is 3.26. The first-order valence-corrected chi connectivity index (χ1v) is 12.6. The average molecular weight is 454 g/mol. The number of nitrogens with zero attached hydrogens (tertiary/aromatic N) is 4. The number of urea groups is 1. The van der Waals surface area contributed by atoms with Gasteiger partial charge in [0.1, 0.15) is 0 Å². The number of benzene rings is 1. The number of piperidine rings is 2. The van der Waals surface area contributed by atoms with E-state index in [0.29, 0.717) is 51.0 Å². The molecule has 3 fully saturated rings. The lowest BCUT2D eigenvalue weighted by Crippen LogP contribution is -2.49. The molecule has 5 rings (SSSR count). The first kappa shape index (κ1) is 22.2. The molecule has 1 aromatic heterocycles. The molecular formula is C25H35N5O3. The van der Waals surface area contributed by atoms with Crippen LogP contribution in [0.2, 0.25) is 0 Å². The Bertz CT molecular complexity index is 995. The van der Waals surface area contributed by atoms with E-state index < -0.39 is 0 Å². The smallest absolute Gasteiger partial charge is 0.317 e. The van der Waals surface area contributed by atoms with Crippen LogP contribution >= 0.6 is 0 Å². The molecule has 0 bridgehead atoms. The zero-order valence-electron chi connectivity index (χ0n) is 19.3.